The Bertz CT molecular complexity index is 1220. The Morgan fingerprint density at radius 1 is 1.06 bits per heavy atom. The van der Waals surface area contributed by atoms with Gasteiger partial charge in [-0.05, 0) is 79.9 Å². The van der Waals surface area contributed by atoms with Crippen LogP contribution in [-0.4, -0.2) is 9.55 Å². The van der Waals surface area contributed by atoms with Crippen molar-refractivity contribution in [3.8, 4) is 6.07 Å². The van der Waals surface area contributed by atoms with Gasteiger partial charge in [0.05, 0.1) is 23.4 Å². The molecule has 0 N–H and O–H groups in total. The average molecular weight is 466 g/mol. The van der Waals surface area contributed by atoms with E-state index in [1.807, 2.05) is 0 Å². The summed E-state index contributed by atoms with van der Waals surface area (Å²) in [6.45, 7) is 9.19. The first-order valence-electron chi connectivity index (χ1n) is 13.6. The van der Waals surface area contributed by atoms with Crippen LogP contribution >= 0.6 is 0 Å². The van der Waals surface area contributed by atoms with E-state index in [-0.39, 0.29) is 11.8 Å². The number of allylic oxidation sites excluding steroid dienone is 12. The molecule has 1 aromatic heterocycles. The summed E-state index contributed by atoms with van der Waals surface area (Å²) in [6, 6.07) is 2.59. The second-order valence-electron chi connectivity index (χ2n) is 11.5. The summed E-state index contributed by atoms with van der Waals surface area (Å²) in [5.41, 5.74) is 9.75. The predicted octanol–water partition coefficient (Wildman–Crippen LogP) is 8.31. The molecule has 0 aliphatic heterocycles. The fraction of sp³-hybridized carbons (Fsp3) is 0.500. The van der Waals surface area contributed by atoms with Gasteiger partial charge >= 0.3 is 0 Å². The van der Waals surface area contributed by atoms with Crippen molar-refractivity contribution in [3.05, 3.63) is 76.5 Å². The van der Waals surface area contributed by atoms with Crippen LogP contribution in [0.2, 0.25) is 0 Å². The van der Waals surface area contributed by atoms with Gasteiger partial charge in [0.1, 0.15) is 5.82 Å². The van der Waals surface area contributed by atoms with Gasteiger partial charge < -0.3 is 0 Å². The summed E-state index contributed by atoms with van der Waals surface area (Å²) >= 11 is 0. The van der Waals surface area contributed by atoms with Crippen LogP contribution in [0.5, 0.6) is 0 Å². The smallest absolute Gasteiger partial charge is 0.121 e. The first kappa shape index (κ1) is 23.9. The number of aryl methyl sites for hydroxylation is 1. The topological polar surface area (TPSA) is 41.6 Å². The van der Waals surface area contributed by atoms with Crippen LogP contribution in [-0.2, 0) is 6.42 Å². The molecule has 0 bridgehead atoms. The normalized spacial score (nSPS) is 23.6. The Kier molecular flexibility index (Phi) is 6.83. The number of rotatable bonds is 6. The second-order valence-corrected chi connectivity index (χ2v) is 11.5. The van der Waals surface area contributed by atoms with Gasteiger partial charge in [-0.3, -0.25) is 4.57 Å². The van der Waals surface area contributed by atoms with E-state index < -0.39 is 0 Å². The fourth-order valence-electron chi connectivity index (χ4n) is 6.30. The summed E-state index contributed by atoms with van der Waals surface area (Å²) in [5.74, 6) is 2.50. The zero-order valence-electron chi connectivity index (χ0n) is 21.8. The van der Waals surface area contributed by atoms with Gasteiger partial charge in [0.2, 0.25) is 0 Å². The first-order valence-corrected chi connectivity index (χ1v) is 13.6. The minimum absolute atomic E-state index is 0.0362. The molecule has 1 aromatic rings. The molecule has 2 atom stereocenters. The van der Waals surface area contributed by atoms with Gasteiger partial charge in [-0.25, -0.2) is 4.98 Å². The Morgan fingerprint density at radius 3 is 2.60 bits per heavy atom. The molecule has 0 saturated heterocycles. The first-order chi connectivity index (χ1) is 17.0. The van der Waals surface area contributed by atoms with Crippen molar-refractivity contribution in [2.24, 2.45) is 17.8 Å². The summed E-state index contributed by atoms with van der Waals surface area (Å²) < 4.78 is 2.58. The van der Waals surface area contributed by atoms with Crippen molar-refractivity contribution in [2.75, 3.05) is 0 Å². The van der Waals surface area contributed by atoms with Gasteiger partial charge in [-0.15, -0.1) is 0 Å². The van der Waals surface area contributed by atoms with E-state index >= 15 is 0 Å². The molecular formula is C32H39N3. The van der Waals surface area contributed by atoms with Crippen molar-refractivity contribution in [3.63, 3.8) is 0 Å². The van der Waals surface area contributed by atoms with Crippen LogP contribution in [0.3, 0.4) is 0 Å². The monoisotopic (exact) mass is 465 g/mol. The number of imidazole rings is 1. The maximum absolute atomic E-state index is 9.95. The van der Waals surface area contributed by atoms with Gasteiger partial charge in [-0.2, -0.15) is 5.26 Å². The number of nitriles is 1. The lowest BCUT2D eigenvalue weighted by Crippen LogP contribution is -2.20. The van der Waals surface area contributed by atoms with E-state index in [1.165, 1.54) is 46.0 Å². The molecular weight excluding hydrogens is 426 g/mol. The highest BCUT2D eigenvalue weighted by Gasteiger charge is 2.34. The van der Waals surface area contributed by atoms with Crippen molar-refractivity contribution >= 4 is 11.3 Å². The van der Waals surface area contributed by atoms with Crippen molar-refractivity contribution in [1.82, 2.24) is 9.55 Å². The maximum atomic E-state index is 9.95. The molecule has 0 fully saturated rings. The third-order valence-corrected chi connectivity index (χ3v) is 7.66. The van der Waals surface area contributed by atoms with E-state index in [9.17, 15) is 5.26 Å². The average Bonchev–Trinajstić information content (AvgIpc) is 3.23. The molecule has 4 aliphatic carbocycles. The number of hydrogen-bond acceptors (Lipinski definition) is 2. The molecule has 4 aliphatic rings. The van der Waals surface area contributed by atoms with E-state index in [0.717, 1.165) is 44.9 Å². The van der Waals surface area contributed by atoms with Crippen molar-refractivity contribution in [1.29, 1.82) is 5.26 Å². The SMILES string of the molecule is CC(C)CC1=CC(C#N)CC(CC(C)C)=C1n1c(C2C=CC=CC2)nc2c1C1=C(CCC=C1)CC2. The minimum atomic E-state index is -0.0362. The van der Waals surface area contributed by atoms with Crippen LogP contribution in [0, 0.1) is 29.1 Å². The zero-order chi connectivity index (χ0) is 24.5. The molecule has 2 unspecified atom stereocenters. The van der Waals surface area contributed by atoms with Crippen LogP contribution in [0.4, 0.5) is 0 Å². The Morgan fingerprint density at radius 2 is 1.89 bits per heavy atom. The number of aromatic nitrogens is 2. The summed E-state index contributed by atoms with van der Waals surface area (Å²) in [5, 5.41) is 9.95. The van der Waals surface area contributed by atoms with Crippen molar-refractivity contribution < 1.29 is 0 Å². The number of hydrogen-bond donors (Lipinski definition) is 0. The van der Waals surface area contributed by atoms with Crippen LogP contribution in [0.1, 0.15) is 95.8 Å². The molecule has 182 valence electrons. The van der Waals surface area contributed by atoms with Gasteiger partial charge in [-0.1, -0.05) is 75.8 Å². The Labute approximate surface area is 211 Å². The lowest BCUT2D eigenvalue weighted by molar-refractivity contribution is 0.590. The standard InChI is InChI=1S/C32H39N3/c1-21(2)16-26-18-23(20-33)19-27(17-22(3)4)30(26)35-31-28-13-9-8-10-24(28)14-15-29(31)34-32(35)25-11-6-5-7-12-25/h5-7,9,11,13,18,21-23,25H,8,10,12,14-17,19H2,1-4H3. The van der Waals surface area contributed by atoms with Crippen LogP contribution in [0.15, 0.2) is 59.3 Å². The third-order valence-electron chi connectivity index (χ3n) is 7.66. The maximum Gasteiger partial charge on any atom is 0.121 e. The van der Waals surface area contributed by atoms with Crippen LogP contribution in [0.25, 0.3) is 11.3 Å². The van der Waals surface area contributed by atoms with Gasteiger partial charge in [0.15, 0.2) is 0 Å². The molecule has 0 amide bonds. The fourth-order valence-corrected chi connectivity index (χ4v) is 6.30. The second kappa shape index (κ2) is 10.0. The molecule has 0 saturated carbocycles. The van der Waals surface area contributed by atoms with Crippen molar-refractivity contribution in [2.45, 2.75) is 85.0 Å². The van der Waals surface area contributed by atoms with Gasteiger partial charge in [0, 0.05) is 11.6 Å². The molecule has 0 aromatic carbocycles. The molecule has 0 spiro atoms. The Balaban J connectivity index is 1.79. The van der Waals surface area contributed by atoms with E-state index in [1.54, 1.807) is 5.57 Å². The lowest BCUT2D eigenvalue weighted by Gasteiger charge is -2.32. The van der Waals surface area contributed by atoms with Crippen LogP contribution < -0.4 is 0 Å². The summed E-state index contributed by atoms with van der Waals surface area (Å²) in [4.78, 5) is 5.39. The van der Waals surface area contributed by atoms with E-state index in [2.05, 4.69) is 80.9 Å². The predicted molar refractivity (Wildman–Crippen MR) is 145 cm³/mol. The lowest BCUT2D eigenvalue weighted by atomic mass is 9.81. The van der Waals surface area contributed by atoms with Gasteiger partial charge in [0.25, 0.3) is 0 Å². The molecule has 35 heavy (non-hydrogen) atoms. The highest BCUT2D eigenvalue weighted by atomic mass is 15.1. The minimum Gasteiger partial charge on any atom is -0.295 e. The number of nitrogens with zero attached hydrogens (tertiary/aromatic N) is 3. The Hall–Kier alpha value is -2.86. The quantitative estimate of drug-likeness (QED) is 0.424. The van der Waals surface area contributed by atoms with E-state index in [0.29, 0.717) is 11.8 Å². The highest BCUT2D eigenvalue weighted by Crippen LogP contribution is 2.45. The molecule has 0 radical (unpaired) electrons. The molecule has 3 nitrogen and oxygen atoms in total. The molecule has 5 rings (SSSR count). The third kappa shape index (κ3) is 4.68. The summed E-state index contributed by atoms with van der Waals surface area (Å²) in [7, 11) is 0. The largest absolute Gasteiger partial charge is 0.295 e. The van der Waals surface area contributed by atoms with E-state index in [4.69, 9.17) is 4.98 Å². The highest BCUT2D eigenvalue weighted by molar-refractivity contribution is 5.83. The summed E-state index contributed by atoms with van der Waals surface area (Å²) in [6.07, 6.45) is 24.2. The number of fused-ring (bicyclic) bond motifs is 2. The molecule has 1 heterocycles. The molecule has 3 heteroatoms. The zero-order valence-corrected chi connectivity index (χ0v) is 21.8.